The van der Waals surface area contributed by atoms with Gasteiger partial charge in [-0.15, -0.1) is 0 Å². The number of hydrogen-bond acceptors (Lipinski definition) is 2. The van der Waals surface area contributed by atoms with Gasteiger partial charge < -0.3 is 14.3 Å². The molecule has 0 aliphatic heterocycles. The van der Waals surface area contributed by atoms with E-state index in [-0.39, 0.29) is 6.04 Å². The van der Waals surface area contributed by atoms with E-state index in [9.17, 15) is 0 Å². The fraction of sp³-hybridized carbons (Fsp3) is 0.250. The highest BCUT2D eigenvalue weighted by molar-refractivity contribution is 5.79. The molecule has 3 nitrogen and oxygen atoms in total. The number of rotatable bonds is 5. The van der Waals surface area contributed by atoms with Crippen LogP contribution < -0.4 is 5.32 Å². The van der Waals surface area contributed by atoms with Gasteiger partial charge in [0.15, 0.2) is 0 Å². The molecule has 1 unspecified atom stereocenters. The van der Waals surface area contributed by atoms with E-state index in [2.05, 4.69) is 53.3 Å². The molecule has 3 heteroatoms. The second-order valence-electron chi connectivity index (χ2n) is 4.76. The molecule has 0 amide bonds. The average Bonchev–Trinajstić information content (AvgIpc) is 3.08. The van der Waals surface area contributed by atoms with Gasteiger partial charge in [0.05, 0.1) is 12.3 Å². The Morgan fingerprint density at radius 3 is 2.89 bits per heavy atom. The van der Waals surface area contributed by atoms with Gasteiger partial charge in [-0.1, -0.05) is 18.2 Å². The standard InChI is InChI=1S/C16H18N2O/c1-13(16-7-4-12-19-16)17-9-11-18-10-8-14-5-2-3-6-15(14)18/h2-8,10,12-13,17H,9,11H2,1H3. The van der Waals surface area contributed by atoms with Crippen molar-refractivity contribution in [2.45, 2.75) is 19.5 Å². The van der Waals surface area contributed by atoms with Gasteiger partial charge in [0.1, 0.15) is 5.76 Å². The van der Waals surface area contributed by atoms with E-state index in [0.29, 0.717) is 0 Å². The summed E-state index contributed by atoms with van der Waals surface area (Å²) in [6.45, 7) is 3.99. The first-order valence-electron chi connectivity index (χ1n) is 6.65. The van der Waals surface area contributed by atoms with Gasteiger partial charge >= 0.3 is 0 Å². The van der Waals surface area contributed by atoms with Crippen LogP contribution in [0.3, 0.4) is 0 Å². The summed E-state index contributed by atoms with van der Waals surface area (Å²) in [5.74, 6) is 0.984. The van der Waals surface area contributed by atoms with Gasteiger partial charge in [-0.3, -0.25) is 0 Å². The van der Waals surface area contributed by atoms with Crippen LogP contribution in [0.2, 0.25) is 0 Å². The highest BCUT2D eigenvalue weighted by Gasteiger charge is 2.07. The Kier molecular flexibility index (Phi) is 3.38. The summed E-state index contributed by atoms with van der Waals surface area (Å²) in [7, 11) is 0. The van der Waals surface area contributed by atoms with Crippen LogP contribution in [-0.2, 0) is 6.54 Å². The maximum absolute atomic E-state index is 5.38. The molecule has 0 fully saturated rings. The minimum absolute atomic E-state index is 0.247. The molecular formula is C16H18N2O. The first-order chi connectivity index (χ1) is 9.34. The predicted molar refractivity (Wildman–Crippen MR) is 77.1 cm³/mol. The van der Waals surface area contributed by atoms with E-state index < -0.39 is 0 Å². The third kappa shape index (κ3) is 2.56. The van der Waals surface area contributed by atoms with E-state index in [1.54, 1.807) is 6.26 Å². The number of para-hydroxylation sites is 1. The second-order valence-corrected chi connectivity index (χ2v) is 4.76. The monoisotopic (exact) mass is 254 g/mol. The number of hydrogen-bond donors (Lipinski definition) is 1. The second kappa shape index (κ2) is 5.33. The number of benzene rings is 1. The minimum Gasteiger partial charge on any atom is -0.468 e. The predicted octanol–water partition coefficient (Wildman–Crippen LogP) is 3.59. The highest BCUT2D eigenvalue weighted by Crippen LogP contribution is 2.15. The van der Waals surface area contributed by atoms with Crippen molar-refractivity contribution in [1.82, 2.24) is 9.88 Å². The number of furan rings is 1. The third-order valence-corrected chi connectivity index (χ3v) is 3.45. The molecule has 0 radical (unpaired) electrons. The fourth-order valence-electron chi connectivity index (χ4n) is 2.38. The summed E-state index contributed by atoms with van der Waals surface area (Å²) in [6, 6.07) is 14.8. The molecule has 1 N–H and O–H groups in total. The summed E-state index contributed by atoms with van der Waals surface area (Å²) >= 11 is 0. The van der Waals surface area contributed by atoms with Gasteiger partial charge in [-0.25, -0.2) is 0 Å². The van der Waals surface area contributed by atoms with Crippen molar-refractivity contribution >= 4 is 10.9 Å². The van der Waals surface area contributed by atoms with Crippen LogP contribution in [0.15, 0.2) is 59.3 Å². The molecule has 0 aliphatic carbocycles. The molecule has 1 aromatic carbocycles. The SMILES string of the molecule is CC(NCCn1ccc2ccccc21)c1ccco1. The van der Waals surface area contributed by atoms with E-state index in [1.165, 1.54) is 10.9 Å². The van der Waals surface area contributed by atoms with E-state index >= 15 is 0 Å². The maximum atomic E-state index is 5.38. The zero-order valence-electron chi connectivity index (χ0n) is 11.0. The molecule has 2 aromatic heterocycles. The van der Waals surface area contributed by atoms with Crippen molar-refractivity contribution in [2.75, 3.05) is 6.54 Å². The lowest BCUT2D eigenvalue weighted by atomic mass is 10.2. The van der Waals surface area contributed by atoms with Crippen LogP contribution in [0, 0.1) is 0 Å². The highest BCUT2D eigenvalue weighted by atomic mass is 16.3. The van der Waals surface area contributed by atoms with Gasteiger partial charge in [0.25, 0.3) is 0 Å². The Morgan fingerprint density at radius 1 is 1.16 bits per heavy atom. The molecule has 3 rings (SSSR count). The Bertz CT molecular complexity index is 640. The van der Waals surface area contributed by atoms with Crippen molar-refractivity contribution in [3.63, 3.8) is 0 Å². The van der Waals surface area contributed by atoms with Gasteiger partial charge in [0, 0.05) is 24.8 Å². The summed E-state index contributed by atoms with van der Waals surface area (Å²) < 4.78 is 7.66. The first kappa shape index (κ1) is 12.1. The molecule has 0 spiro atoms. The summed E-state index contributed by atoms with van der Waals surface area (Å²) in [6.07, 6.45) is 3.86. The Hall–Kier alpha value is -2.00. The molecule has 98 valence electrons. The average molecular weight is 254 g/mol. The zero-order chi connectivity index (χ0) is 13.1. The third-order valence-electron chi connectivity index (χ3n) is 3.45. The maximum Gasteiger partial charge on any atom is 0.120 e. The Morgan fingerprint density at radius 2 is 2.05 bits per heavy atom. The van der Waals surface area contributed by atoms with Gasteiger partial charge in [-0.2, -0.15) is 0 Å². The van der Waals surface area contributed by atoms with Crippen LogP contribution in [-0.4, -0.2) is 11.1 Å². The van der Waals surface area contributed by atoms with Crippen molar-refractivity contribution in [2.24, 2.45) is 0 Å². The minimum atomic E-state index is 0.247. The largest absolute Gasteiger partial charge is 0.468 e. The number of aromatic nitrogens is 1. The number of fused-ring (bicyclic) bond motifs is 1. The van der Waals surface area contributed by atoms with Crippen molar-refractivity contribution < 1.29 is 4.42 Å². The molecule has 1 atom stereocenters. The van der Waals surface area contributed by atoms with Crippen LogP contribution in [0.25, 0.3) is 10.9 Å². The number of nitrogens with zero attached hydrogens (tertiary/aromatic N) is 1. The zero-order valence-corrected chi connectivity index (χ0v) is 11.0. The molecule has 0 saturated carbocycles. The normalized spacial score (nSPS) is 12.9. The van der Waals surface area contributed by atoms with Gasteiger partial charge in [0.2, 0.25) is 0 Å². The Balaban J connectivity index is 1.61. The van der Waals surface area contributed by atoms with E-state index in [0.717, 1.165) is 18.8 Å². The fourth-order valence-corrected chi connectivity index (χ4v) is 2.38. The Labute approximate surface area is 112 Å². The summed E-state index contributed by atoms with van der Waals surface area (Å²) in [5, 5.41) is 4.77. The lowest BCUT2D eigenvalue weighted by Crippen LogP contribution is -2.22. The van der Waals surface area contributed by atoms with Gasteiger partial charge in [-0.05, 0) is 36.6 Å². The van der Waals surface area contributed by atoms with Crippen molar-refractivity contribution in [3.8, 4) is 0 Å². The van der Waals surface area contributed by atoms with E-state index in [1.807, 2.05) is 12.1 Å². The smallest absolute Gasteiger partial charge is 0.120 e. The molecule has 2 heterocycles. The lowest BCUT2D eigenvalue weighted by molar-refractivity contribution is 0.425. The molecule has 0 aliphatic rings. The van der Waals surface area contributed by atoms with Crippen LogP contribution in [0.1, 0.15) is 18.7 Å². The van der Waals surface area contributed by atoms with Crippen molar-refractivity contribution in [1.29, 1.82) is 0 Å². The molecule has 19 heavy (non-hydrogen) atoms. The van der Waals surface area contributed by atoms with Crippen LogP contribution >= 0.6 is 0 Å². The topological polar surface area (TPSA) is 30.1 Å². The quantitative estimate of drug-likeness (QED) is 0.754. The molecule has 0 saturated heterocycles. The van der Waals surface area contributed by atoms with E-state index in [4.69, 9.17) is 4.42 Å². The molecule has 3 aromatic rings. The summed E-state index contributed by atoms with van der Waals surface area (Å²) in [5.41, 5.74) is 1.29. The van der Waals surface area contributed by atoms with Crippen LogP contribution in [0.5, 0.6) is 0 Å². The molecular weight excluding hydrogens is 236 g/mol. The number of nitrogens with one attached hydrogen (secondary N) is 1. The van der Waals surface area contributed by atoms with Crippen molar-refractivity contribution in [3.05, 3.63) is 60.7 Å². The first-order valence-corrected chi connectivity index (χ1v) is 6.65. The summed E-state index contributed by atoms with van der Waals surface area (Å²) in [4.78, 5) is 0. The van der Waals surface area contributed by atoms with Crippen LogP contribution in [0.4, 0.5) is 0 Å². The lowest BCUT2D eigenvalue weighted by Gasteiger charge is -2.12. The molecule has 0 bridgehead atoms.